The van der Waals surface area contributed by atoms with Crippen LogP contribution in [0, 0.1) is 0 Å². The molecule has 90 valence electrons. The fraction of sp³-hybridized carbons (Fsp3) is 0.125. The zero-order valence-corrected chi connectivity index (χ0v) is 10.3. The van der Waals surface area contributed by atoms with Gasteiger partial charge in [-0.3, -0.25) is 0 Å². The van der Waals surface area contributed by atoms with E-state index in [9.17, 15) is 0 Å². The highest BCUT2D eigenvalue weighted by Gasteiger charge is 2.07. The van der Waals surface area contributed by atoms with E-state index in [-0.39, 0.29) is 0 Å². The topological polar surface area (TPSA) is 25.2 Å². The zero-order valence-electron chi connectivity index (χ0n) is 10.3. The summed E-state index contributed by atoms with van der Waals surface area (Å²) in [7, 11) is 1.94. The first kappa shape index (κ1) is 11.1. The second-order valence-corrected chi connectivity index (χ2v) is 4.28. The van der Waals surface area contributed by atoms with E-state index < -0.39 is 0 Å². The van der Waals surface area contributed by atoms with Gasteiger partial charge in [0.1, 0.15) is 11.2 Å². The predicted molar refractivity (Wildman–Crippen MR) is 76.7 cm³/mol. The Bertz CT molecular complexity index is 709. The number of fused-ring (bicyclic) bond motifs is 3. The van der Waals surface area contributed by atoms with Gasteiger partial charge < -0.3 is 9.73 Å². The monoisotopic (exact) mass is 237 g/mol. The molecule has 1 heterocycles. The summed E-state index contributed by atoms with van der Waals surface area (Å²) in [5.41, 5.74) is 3.03. The van der Waals surface area contributed by atoms with E-state index in [0.717, 1.165) is 23.3 Å². The SMILES string of the molecule is CNCC=Cc1cccc2c1oc1ccccc12. The van der Waals surface area contributed by atoms with Crippen LogP contribution in [0.15, 0.2) is 53.0 Å². The van der Waals surface area contributed by atoms with Crippen molar-refractivity contribution in [1.29, 1.82) is 0 Å². The summed E-state index contributed by atoms with van der Waals surface area (Å²) < 4.78 is 5.94. The fourth-order valence-corrected chi connectivity index (χ4v) is 2.20. The summed E-state index contributed by atoms with van der Waals surface area (Å²) in [4.78, 5) is 0. The Morgan fingerprint density at radius 1 is 1.06 bits per heavy atom. The van der Waals surface area contributed by atoms with Gasteiger partial charge in [-0.25, -0.2) is 0 Å². The van der Waals surface area contributed by atoms with Crippen LogP contribution in [-0.2, 0) is 0 Å². The minimum absolute atomic E-state index is 0.858. The molecule has 0 radical (unpaired) electrons. The maximum atomic E-state index is 5.94. The van der Waals surface area contributed by atoms with E-state index in [2.05, 4.69) is 41.7 Å². The van der Waals surface area contributed by atoms with E-state index in [0.29, 0.717) is 0 Å². The lowest BCUT2D eigenvalue weighted by atomic mass is 10.1. The first-order chi connectivity index (χ1) is 8.90. The number of nitrogens with one attached hydrogen (secondary N) is 1. The Kier molecular flexibility index (Phi) is 2.87. The van der Waals surface area contributed by atoms with Crippen molar-refractivity contribution >= 4 is 28.0 Å². The maximum Gasteiger partial charge on any atom is 0.142 e. The maximum absolute atomic E-state index is 5.94. The fourth-order valence-electron chi connectivity index (χ4n) is 2.20. The molecule has 0 bridgehead atoms. The van der Waals surface area contributed by atoms with Gasteiger partial charge in [0.15, 0.2) is 0 Å². The standard InChI is InChI=1S/C16H15NO/c1-17-11-5-7-12-6-4-9-14-13-8-2-3-10-15(13)18-16(12)14/h2-10,17H,11H2,1H3. The minimum atomic E-state index is 0.858. The van der Waals surface area contributed by atoms with E-state index in [1.807, 2.05) is 25.2 Å². The Labute approximate surface area is 106 Å². The van der Waals surface area contributed by atoms with Crippen molar-refractivity contribution in [2.45, 2.75) is 0 Å². The van der Waals surface area contributed by atoms with Crippen molar-refractivity contribution in [2.24, 2.45) is 0 Å². The van der Waals surface area contributed by atoms with E-state index in [4.69, 9.17) is 4.42 Å². The Hall–Kier alpha value is -2.06. The summed E-state index contributed by atoms with van der Waals surface area (Å²) in [6, 6.07) is 14.4. The molecular formula is C16H15NO. The summed E-state index contributed by atoms with van der Waals surface area (Å²) in [6.07, 6.45) is 4.20. The van der Waals surface area contributed by atoms with Gasteiger partial charge in [0.2, 0.25) is 0 Å². The van der Waals surface area contributed by atoms with Crippen LogP contribution < -0.4 is 5.32 Å². The first-order valence-corrected chi connectivity index (χ1v) is 6.11. The van der Waals surface area contributed by atoms with E-state index >= 15 is 0 Å². The van der Waals surface area contributed by atoms with Crippen molar-refractivity contribution in [2.75, 3.05) is 13.6 Å². The molecule has 0 spiro atoms. The van der Waals surface area contributed by atoms with Crippen LogP contribution in [-0.4, -0.2) is 13.6 Å². The summed E-state index contributed by atoms with van der Waals surface area (Å²) in [5, 5.41) is 5.45. The molecule has 0 atom stereocenters. The van der Waals surface area contributed by atoms with Gasteiger partial charge in [0, 0.05) is 22.9 Å². The van der Waals surface area contributed by atoms with Gasteiger partial charge in [-0.1, -0.05) is 48.6 Å². The number of para-hydroxylation sites is 2. The quantitative estimate of drug-likeness (QED) is 0.749. The second-order valence-electron chi connectivity index (χ2n) is 4.28. The molecule has 0 saturated carbocycles. The molecule has 0 aliphatic rings. The van der Waals surface area contributed by atoms with Crippen LogP contribution in [0.4, 0.5) is 0 Å². The summed E-state index contributed by atoms with van der Waals surface area (Å²) >= 11 is 0. The largest absolute Gasteiger partial charge is 0.455 e. The Balaban J connectivity index is 2.21. The average Bonchev–Trinajstić information content (AvgIpc) is 2.79. The highest BCUT2D eigenvalue weighted by Crippen LogP contribution is 2.31. The molecule has 2 nitrogen and oxygen atoms in total. The number of furan rings is 1. The van der Waals surface area contributed by atoms with Gasteiger partial charge in [0.05, 0.1) is 0 Å². The lowest BCUT2D eigenvalue weighted by molar-refractivity contribution is 0.668. The number of hydrogen-bond acceptors (Lipinski definition) is 2. The lowest BCUT2D eigenvalue weighted by Gasteiger charge is -1.95. The van der Waals surface area contributed by atoms with Crippen molar-refractivity contribution < 1.29 is 4.42 Å². The van der Waals surface area contributed by atoms with Crippen LogP contribution in [0.1, 0.15) is 5.56 Å². The van der Waals surface area contributed by atoms with Gasteiger partial charge in [-0.05, 0) is 13.1 Å². The molecule has 3 aromatic rings. The number of rotatable bonds is 3. The molecule has 0 saturated heterocycles. The molecule has 0 fully saturated rings. The molecule has 0 amide bonds. The normalized spacial score (nSPS) is 11.8. The number of benzene rings is 2. The minimum Gasteiger partial charge on any atom is -0.455 e. The molecule has 2 aromatic carbocycles. The van der Waals surface area contributed by atoms with Crippen LogP contribution >= 0.6 is 0 Å². The third kappa shape index (κ3) is 1.81. The molecule has 18 heavy (non-hydrogen) atoms. The summed E-state index contributed by atoms with van der Waals surface area (Å²) in [5.74, 6) is 0. The van der Waals surface area contributed by atoms with Crippen molar-refractivity contribution in [1.82, 2.24) is 5.32 Å². The smallest absolute Gasteiger partial charge is 0.142 e. The van der Waals surface area contributed by atoms with Gasteiger partial charge in [-0.2, -0.15) is 0 Å². The van der Waals surface area contributed by atoms with Gasteiger partial charge in [0.25, 0.3) is 0 Å². The van der Waals surface area contributed by atoms with Crippen LogP contribution in [0.2, 0.25) is 0 Å². The van der Waals surface area contributed by atoms with E-state index in [1.54, 1.807) is 0 Å². The van der Waals surface area contributed by atoms with Crippen molar-refractivity contribution in [3.05, 3.63) is 54.1 Å². The third-order valence-corrected chi connectivity index (χ3v) is 3.05. The molecule has 0 aliphatic heterocycles. The molecule has 3 rings (SSSR count). The summed E-state index contributed by atoms with van der Waals surface area (Å²) in [6.45, 7) is 0.858. The van der Waals surface area contributed by atoms with Crippen LogP contribution in [0.25, 0.3) is 28.0 Å². The highest BCUT2D eigenvalue weighted by atomic mass is 16.3. The molecule has 0 unspecified atom stereocenters. The highest BCUT2D eigenvalue weighted by molar-refractivity contribution is 6.07. The second kappa shape index (κ2) is 4.67. The molecule has 0 aliphatic carbocycles. The van der Waals surface area contributed by atoms with Crippen molar-refractivity contribution in [3.8, 4) is 0 Å². The van der Waals surface area contributed by atoms with Crippen LogP contribution in [0.5, 0.6) is 0 Å². The lowest BCUT2D eigenvalue weighted by Crippen LogP contribution is -2.03. The van der Waals surface area contributed by atoms with Crippen molar-refractivity contribution in [3.63, 3.8) is 0 Å². The van der Waals surface area contributed by atoms with E-state index in [1.165, 1.54) is 10.8 Å². The Morgan fingerprint density at radius 2 is 1.89 bits per heavy atom. The third-order valence-electron chi connectivity index (χ3n) is 3.05. The number of likely N-dealkylation sites (N-methyl/N-ethyl adjacent to an activating group) is 1. The zero-order chi connectivity index (χ0) is 12.4. The first-order valence-electron chi connectivity index (χ1n) is 6.11. The molecule has 1 aromatic heterocycles. The molecule has 1 N–H and O–H groups in total. The van der Waals surface area contributed by atoms with Crippen LogP contribution in [0.3, 0.4) is 0 Å². The number of hydrogen-bond donors (Lipinski definition) is 1. The molecule has 2 heteroatoms. The molecular weight excluding hydrogens is 222 g/mol. The van der Waals surface area contributed by atoms with Gasteiger partial charge >= 0.3 is 0 Å². The Morgan fingerprint density at radius 3 is 2.78 bits per heavy atom. The predicted octanol–water partition coefficient (Wildman–Crippen LogP) is 3.82. The van der Waals surface area contributed by atoms with Gasteiger partial charge in [-0.15, -0.1) is 0 Å². The average molecular weight is 237 g/mol.